The number of allylic oxidation sites excluding steroid dienone is 1. The molecule has 0 amide bonds. The minimum absolute atomic E-state index is 0.0262. The summed E-state index contributed by atoms with van der Waals surface area (Å²) in [4.78, 5) is 13.7. The molecular formula is C12H20N2O6. The molecule has 1 rings (SSSR count). The second kappa shape index (κ2) is 6.69. The number of rotatable bonds is 6. The fourth-order valence-corrected chi connectivity index (χ4v) is 2.13. The van der Waals surface area contributed by atoms with Crippen LogP contribution < -0.4 is 15.4 Å². The number of carbonyl (C=O) groups excluding carboxylic acids is 1. The van der Waals surface area contributed by atoms with Gasteiger partial charge in [-0.1, -0.05) is 0 Å². The molecule has 8 nitrogen and oxygen atoms in total. The molecule has 2 atom stereocenters. The Kier molecular flexibility index (Phi) is 5.49. The second-order valence-electron chi connectivity index (χ2n) is 4.67. The highest BCUT2D eigenvalue weighted by Gasteiger charge is 2.40. The van der Waals surface area contributed by atoms with Crippen molar-refractivity contribution in [2.24, 2.45) is 0 Å². The van der Waals surface area contributed by atoms with E-state index in [1.54, 1.807) is 7.05 Å². The molecule has 0 spiro atoms. The van der Waals surface area contributed by atoms with Gasteiger partial charge in [-0.25, -0.2) is 4.99 Å². The number of carboxylic acids is 1. The molecule has 0 aromatic heterocycles. The summed E-state index contributed by atoms with van der Waals surface area (Å²) < 4.78 is 5.20. The Balaban J connectivity index is 3.14. The number of carbonyl (C=O) groups is 1. The third kappa shape index (κ3) is 3.47. The minimum atomic E-state index is -1.47. The maximum absolute atomic E-state index is 10.8. The number of hydrogen-bond acceptors (Lipinski definition) is 7. The lowest BCUT2D eigenvalue weighted by Gasteiger charge is -2.33. The summed E-state index contributed by atoms with van der Waals surface area (Å²) in [5.41, 5.74) is -0.620. The Hall–Kier alpha value is -1.64. The summed E-state index contributed by atoms with van der Waals surface area (Å²) in [5, 5.41) is 41.9. The molecule has 0 bridgehead atoms. The lowest BCUT2D eigenvalue weighted by atomic mass is 9.85. The Bertz CT molecular complexity index is 434. The highest BCUT2D eigenvalue weighted by molar-refractivity contribution is 5.96. The van der Waals surface area contributed by atoms with E-state index in [1.807, 2.05) is 0 Å². The van der Waals surface area contributed by atoms with Gasteiger partial charge in [0.25, 0.3) is 0 Å². The number of nitrogens with one attached hydrogen (secondary N) is 2. The predicted octanol–water partition coefficient (Wildman–Crippen LogP) is -4.79. The molecular weight excluding hydrogens is 268 g/mol. The number of carboxylic acid groups (broad SMARTS) is 1. The van der Waals surface area contributed by atoms with Crippen molar-refractivity contribution in [2.45, 2.75) is 24.5 Å². The molecule has 0 aliphatic heterocycles. The molecule has 0 aromatic rings. The predicted molar refractivity (Wildman–Crippen MR) is 66.2 cm³/mol. The van der Waals surface area contributed by atoms with Crippen molar-refractivity contribution in [1.29, 1.82) is 0 Å². The third-order valence-electron chi connectivity index (χ3n) is 3.18. The molecule has 0 radical (unpaired) electrons. The quantitative estimate of drug-likeness (QED) is 0.331. The number of ether oxygens (including phenoxy) is 1. The van der Waals surface area contributed by atoms with Crippen LogP contribution in [0, 0.1) is 0 Å². The molecule has 8 heteroatoms. The zero-order valence-electron chi connectivity index (χ0n) is 11.5. The fourth-order valence-electron chi connectivity index (χ4n) is 2.13. The van der Waals surface area contributed by atoms with Crippen LogP contribution in [0.5, 0.6) is 0 Å². The van der Waals surface area contributed by atoms with Gasteiger partial charge in [-0.05, 0) is 0 Å². The standard InChI is InChI=1S/C12H20N2O6/c1-13-7-3-12(19,6-16)4-8(10(7)20-2)14-9(5-15)11(17)18/h9,14-16,19H,3-6H2,1-2H3,(H,17,18). The molecule has 114 valence electrons. The van der Waals surface area contributed by atoms with Gasteiger partial charge in [0.05, 0.1) is 44.5 Å². The average Bonchev–Trinajstić information content (AvgIpc) is 2.43. The Morgan fingerprint density at radius 3 is 2.60 bits per heavy atom. The van der Waals surface area contributed by atoms with E-state index in [1.165, 1.54) is 7.11 Å². The number of aliphatic hydroxyl groups is 3. The molecule has 5 N–H and O–H groups in total. The molecule has 0 fully saturated rings. The first-order valence-corrected chi connectivity index (χ1v) is 6.13. The lowest BCUT2D eigenvalue weighted by molar-refractivity contribution is -0.423. The van der Waals surface area contributed by atoms with Crippen LogP contribution >= 0.6 is 0 Å². The van der Waals surface area contributed by atoms with Gasteiger partial charge >= 0.3 is 0 Å². The summed E-state index contributed by atoms with van der Waals surface area (Å²) in [6, 6.07) is -1.32. The van der Waals surface area contributed by atoms with Crippen LogP contribution in [0.1, 0.15) is 12.8 Å². The molecule has 0 saturated carbocycles. The van der Waals surface area contributed by atoms with Gasteiger partial charge in [0.2, 0.25) is 11.5 Å². The van der Waals surface area contributed by atoms with Crippen molar-refractivity contribution in [3.8, 4) is 0 Å². The van der Waals surface area contributed by atoms with Gasteiger partial charge in [0, 0.05) is 6.42 Å². The largest absolute Gasteiger partial charge is 0.548 e. The highest BCUT2D eigenvalue weighted by atomic mass is 16.5. The van der Waals surface area contributed by atoms with Crippen LogP contribution in [0.15, 0.2) is 11.5 Å². The molecule has 20 heavy (non-hydrogen) atoms. The molecule has 2 unspecified atom stereocenters. The molecule has 0 saturated heterocycles. The summed E-state index contributed by atoms with van der Waals surface area (Å²) in [7, 11) is 3.03. The SMILES string of the molecule is C[NH+]=C1CC(O)(CO)CC(NC(CO)C(=O)[O-])=C1OC. The van der Waals surface area contributed by atoms with E-state index < -0.39 is 30.8 Å². The summed E-state index contributed by atoms with van der Waals surface area (Å²) in [5.74, 6) is -1.12. The maximum Gasteiger partial charge on any atom is 0.221 e. The molecule has 1 aliphatic rings. The zero-order valence-corrected chi connectivity index (χ0v) is 11.5. The minimum Gasteiger partial charge on any atom is -0.548 e. The molecule has 0 aromatic carbocycles. The van der Waals surface area contributed by atoms with E-state index in [2.05, 4.69) is 10.3 Å². The van der Waals surface area contributed by atoms with Gasteiger partial charge in [-0.3, -0.25) is 0 Å². The Morgan fingerprint density at radius 2 is 2.20 bits per heavy atom. The van der Waals surface area contributed by atoms with E-state index in [4.69, 9.17) is 9.84 Å². The van der Waals surface area contributed by atoms with Crippen LogP contribution in [0.2, 0.25) is 0 Å². The van der Waals surface area contributed by atoms with Gasteiger partial charge in [0.15, 0.2) is 0 Å². The maximum atomic E-state index is 10.8. The van der Waals surface area contributed by atoms with E-state index in [0.717, 1.165) is 0 Å². The fraction of sp³-hybridized carbons (Fsp3) is 0.667. The van der Waals surface area contributed by atoms with Crippen molar-refractivity contribution in [1.82, 2.24) is 5.32 Å². The Morgan fingerprint density at radius 1 is 1.55 bits per heavy atom. The lowest BCUT2D eigenvalue weighted by Crippen LogP contribution is -2.71. The number of aliphatic carboxylic acids is 1. The smallest absolute Gasteiger partial charge is 0.221 e. The van der Waals surface area contributed by atoms with Crippen molar-refractivity contribution in [3.63, 3.8) is 0 Å². The van der Waals surface area contributed by atoms with Crippen molar-refractivity contribution in [2.75, 3.05) is 27.4 Å². The summed E-state index contributed by atoms with van der Waals surface area (Å²) in [6.45, 7) is -1.16. The van der Waals surface area contributed by atoms with Crippen LogP contribution in [0.25, 0.3) is 0 Å². The first kappa shape index (κ1) is 16.4. The van der Waals surface area contributed by atoms with Crippen molar-refractivity contribution in [3.05, 3.63) is 11.5 Å². The van der Waals surface area contributed by atoms with Gasteiger partial charge in [-0.15, -0.1) is 0 Å². The number of hydrogen-bond donors (Lipinski definition) is 5. The Labute approximate surface area is 116 Å². The van der Waals surface area contributed by atoms with E-state index in [9.17, 15) is 20.1 Å². The normalized spacial score (nSPS) is 26.6. The van der Waals surface area contributed by atoms with Crippen LogP contribution in [-0.2, 0) is 9.53 Å². The van der Waals surface area contributed by atoms with Gasteiger partial charge in [-0.2, -0.15) is 0 Å². The van der Waals surface area contributed by atoms with Crippen LogP contribution in [0.4, 0.5) is 0 Å². The number of aliphatic hydroxyl groups excluding tert-OH is 2. The van der Waals surface area contributed by atoms with Crippen LogP contribution in [0.3, 0.4) is 0 Å². The molecule has 0 heterocycles. The van der Waals surface area contributed by atoms with Crippen molar-refractivity contribution < 1.29 is 34.9 Å². The second-order valence-corrected chi connectivity index (χ2v) is 4.67. The van der Waals surface area contributed by atoms with E-state index >= 15 is 0 Å². The average molecular weight is 288 g/mol. The van der Waals surface area contributed by atoms with Gasteiger partial charge < -0.3 is 35.3 Å². The van der Waals surface area contributed by atoms with Gasteiger partial charge in [0.1, 0.15) is 12.6 Å². The molecule has 1 aliphatic carbocycles. The third-order valence-corrected chi connectivity index (χ3v) is 3.18. The van der Waals surface area contributed by atoms with Crippen molar-refractivity contribution >= 4 is 11.7 Å². The summed E-state index contributed by atoms with van der Waals surface area (Å²) >= 11 is 0. The topological polar surface area (TPSA) is 136 Å². The highest BCUT2D eigenvalue weighted by Crippen LogP contribution is 2.28. The first-order chi connectivity index (χ1) is 9.40. The van der Waals surface area contributed by atoms with Crippen LogP contribution in [-0.4, -0.2) is 66.0 Å². The summed E-state index contributed by atoms with van der Waals surface area (Å²) in [6.07, 6.45) is 0.116. The monoisotopic (exact) mass is 288 g/mol. The van der Waals surface area contributed by atoms with E-state index in [-0.39, 0.29) is 18.5 Å². The first-order valence-electron chi connectivity index (χ1n) is 6.13. The zero-order chi connectivity index (χ0) is 15.3. The van der Waals surface area contributed by atoms with E-state index in [0.29, 0.717) is 11.5 Å². The number of methoxy groups -OCH3 is 1.